The van der Waals surface area contributed by atoms with Crippen LogP contribution in [0.15, 0.2) is 42.7 Å². The minimum atomic E-state index is -0.137. The number of carbonyl (C=O) groups is 1. The Balaban J connectivity index is 1.26. The van der Waals surface area contributed by atoms with Gasteiger partial charge in [-0.25, -0.2) is 14.8 Å². The fraction of sp³-hybridized carbons (Fsp3) is 0.450. The molecule has 0 bridgehead atoms. The summed E-state index contributed by atoms with van der Waals surface area (Å²) >= 11 is 0. The maximum atomic E-state index is 11.9. The third-order valence-electron chi connectivity index (χ3n) is 4.76. The highest BCUT2D eigenvalue weighted by Crippen LogP contribution is 2.11. The molecule has 2 N–H and O–H groups in total. The van der Waals surface area contributed by atoms with E-state index >= 15 is 0 Å². The van der Waals surface area contributed by atoms with Gasteiger partial charge in [-0.2, -0.15) is 0 Å². The summed E-state index contributed by atoms with van der Waals surface area (Å²) < 4.78 is 5.13. The van der Waals surface area contributed by atoms with E-state index in [1.807, 2.05) is 30.3 Å². The number of ether oxygens (including phenoxy) is 1. The Morgan fingerprint density at radius 3 is 2.46 bits per heavy atom. The van der Waals surface area contributed by atoms with Crippen molar-refractivity contribution in [1.29, 1.82) is 0 Å². The van der Waals surface area contributed by atoms with Gasteiger partial charge in [-0.05, 0) is 36.7 Å². The number of hydrogen-bond acceptors (Lipinski definition) is 6. The van der Waals surface area contributed by atoms with Gasteiger partial charge in [0.2, 0.25) is 5.95 Å². The molecule has 0 aliphatic carbocycles. The van der Waals surface area contributed by atoms with Crippen molar-refractivity contribution in [2.24, 2.45) is 0 Å². The highest BCUT2D eigenvalue weighted by molar-refractivity contribution is 5.73. The molecule has 1 aromatic carbocycles. The minimum absolute atomic E-state index is 0.137. The fourth-order valence-corrected chi connectivity index (χ4v) is 3.12. The number of anilines is 1. The van der Waals surface area contributed by atoms with Crippen molar-refractivity contribution < 1.29 is 9.53 Å². The highest BCUT2D eigenvalue weighted by atomic mass is 16.5. The third kappa shape index (κ3) is 6.09. The Kier molecular flexibility index (Phi) is 7.43. The molecule has 8 nitrogen and oxygen atoms in total. The van der Waals surface area contributed by atoms with Crippen molar-refractivity contribution in [1.82, 2.24) is 25.5 Å². The molecule has 1 fully saturated rings. The zero-order valence-electron chi connectivity index (χ0n) is 16.3. The van der Waals surface area contributed by atoms with E-state index in [-0.39, 0.29) is 6.03 Å². The van der Waals surface area contributed by atoms with E-state index in [2.05, 4.69) is 30.4 Å². The van der Waals surface area contributed by atoms with Crippen LogP contribution >= 0.6 is 0 Å². The number of nitrogens with zero attached hydrogens (tertiary/aromatic N) is 4. The van der Waals surface area contributed by atoms with Crippen molar-refractivity contribution in [3.8, 4) is 5.75 Å². The molecule has 8 heteroatoms. The van der Waals surface area contributed by atoms with Crippen molar-refractivity contribution in [2.75, 3.05) is 51.3 Å². The highest BCUT2D eigenvalue weighted by Gasteiger charge is 2.18. The van der Waals surface area contributed by atoms with Gasteiger partial charge in [0.15, 0.2) is 0 Å². The van der Waals surface area contributed by atoms with Gasteiger partial charge in [-0.15, -0.1) is 0 Å². The molecule has 1 aromatic heterocycles. The largest absolute Gasteiger partial charge is 0.497 e. The lowest BCUT2D eigenvalue weighted by Crippen LogP contribution is -2.47. The fourth-order valence-electron chi connectivity index (χ4n) is 3.12. The standard InChI is InChI=1S/C20H28N6O2/c1-28-18-6-4-17(5-7-18)16-24-20(27)23-10-3-11-25-12-14-26(15-13-25)19-21-8-2-9-22-19/h2,4-9H,3,10-16H2,1H3,(H2,23,24,27). The lowest BCUT2D eigenvalue weighted by atomic mass is 10.2. The van der Waals surface area contributed by atoms with Crippen molar-refractivity contribution in [3.63, 3.8) is 0 Å². The summed E-state index contributed by atoms with van der Waals surface area (Å²) in [4.78, 5) is 25.1. The Morgan fingerprint density at radius 2 is 1.79 bits per heavy atom. The van der Waals surface area contributed by atoms with Crippen LogP contribution in [0.1, 0.15) is 12.0 Å². The zero-order valence-corrected chi connectivity index (χ0v) is 16.3. The first kappa shape index (κ1) is 19.9. The molecule has 28 heavy (non-hydrogen) atoms. The van der Waals surface area contributed by atoms with Crippen LogP contribution in [-0.2, 0) is 6.54 Å². The van der Waals surface area contributed by atoms with E-state index in [4.69, 9.17) is 4.74 Å². The van der Waals surface area contributed by atoms with Gasteiger partial charge in [0.05, 0.1) is 7.11 Å². The van der Waals surface area contributed by atoms with Gasteiger partial charge in [-0.1, -0.05) is 12.1 Å². The molecule has 2 aromatic rings. The van der Waals surface area contributed by atoms with Gasteiger partial charge in [0.1, 0.15) is 5.75 Å². The van der Waals surface area contributed by atoms with Crippen molar-refractivity contribution >= 4 is 12.0 Å². The normalized spacial score (nSPS) is 14.5. The van der Waals surface area contributed by atoms with E-state index in [1.54, 1.807) is 19.5 Å². The summed E-state index contributed by atoms with van der Waals surface area (Å²) in [6, 6.07) is 9.36. The number of urea groups is 1. The number of nitrogens with one attached hydrogen (secondary N) is 2. The molecule has 1 saturated heterocycles. The summed E-state index contributed by atoms with van der Waals surface area (Å²) in [5.41, 5.74) is 1.04. The molecule has 0 saturated carbocycles. The Bertz CT molecular complexity index is 717. The van der Waals surface area contributed by atoms with Crippen LogP contribution in [0.2, 0.25) is 0 Å². The second-order valence-corrected chi connectivity index (χ2v) is 6.69. The van der Waals surface area contributed by atoms with Crippen LogP contribution in [-0.4, -0.2) is 67.3 Å². The van der Waals surface area contributed by atoms with Gasteiger partial charge in [-0.3, -0.25) is 4.90 Å². The molecule has 0 atom stereocenters. The predicted octanol–water partition coefficient (Wildman–Crippen LogP) is 1.50. The molecule has 2 heterocycles. The molecular weight excluding hydrogens is 356 g/mol. The molecule has 3 rings (SSSR count). The Hall–Kier alpha value is -2.87. The van der Waals surface area contributed by atoms with Crippen LogP contribution in [0.25, 0.3) is 0 Å². The summed E-state index contributed by atoms with van der Waals surface area (Å²) in [6.07, 6.45) is 4.48. The van der Waals surface area contributed by atoms with Crippen LogP contribution < -0.4 is 20.3 Å². The van der Waals surface area contributed by atoms with E-state index in [0.29, 0.717) is 13.1 Å². The molecule has 0 spiro atoms. The number of benzene rings is 1. The van der Waals surface area contributed by atoms with E-state index in [9.17, 15) is 4.79 Å². The van der Waals surface area contributed by atoms with Gasteiger partial charge >= 0.3 is 6.03 Å². The monoisotopic (exact) mass is 384 g/mol. The summed E-state index contributed by atoms with van der Waals surface area (Å²) in [5, 5.41) is 5.79. The number of amides is 2. The van der Waals surface area contributed by atoms with Crippen LogP contribution in [0.3, 0.4) is 0 Å². The number of methoxy groups -OCH3 is 1. The number of rotatable bonds is 8. The molecule has 1 aliphatic rings. The molecule has 150 valence electrons. The minimum Gasteiger partial charge on any atom is -0.497 e. The zero-order chi connectivity index (χ0) is 19.6. The lowest BCUT2D eigenvalue weighted by molar-refractivity contribution is 0.235. The third-order valence-corrected chi connectivity index (χ3v) is 4.76. The van der Waals surface area contributed by atoms with Crippen LogP contribution in [0.5, 0.6) is 5.75 Å². The molecular formula is C20H28N6O2. The second kappa shape index (κ2) is 10.5. The average molecular weight is 384 g/mol. The van der Waals surface area contributed by atoms with Crippen molar-refractivity contribution in [2.45, 2.75) is 13.0 Å². The Morgan fingerprint density at radius 1 is 1.07 bits per heavy atom. The van der Waals surface area contributed by atoms with Crippen LogP contribution in [0.4, 0.5) is 10.7 Å². The van der Waals surface area contributed by atoms with Gasteiger partial charge < -0.3 is 20.3 Å². The lowest BCUT2D eigenvalue weighted by Gasteiger charge is -2.34. The average Bonchev–Trinajstić information content (AvgIpc) is 2.76. The second-order valence-electron chi connectivity index (χ2n) is 6.69. The molecule has 1 aliphatic heterocycles. The summed E-state index contributed by atoms with van der Waals surface area (Å²) in [7, 11) is 1.64. The SMILES string of the molecule is COc1ccc(CNC(=O)NCCCN2CCN(c3ncccn3)CC2)cc1. The number of aromatic nitrogens is 2. The number of carbonyl (C=O) groups excluding carboxylic acids is 1. The Labute approximate surface area is 165 Å². The molecule has 2 amide bonds. The molecule has 0 radical (unpaired) electrons. The quantitative estimate of drug-likeness (QED) is 0.671. The summed E-state index contributed by atoms with van der Waals surface area (Å²) in [5.74, 6) is 1.61. The van der Waals surface area contributed by atoms with Crippen molar-refractivity contribution in [3.05, 3.63) is 48.3 Å². The first-order valence-corrected chi connectivity index (χ1v) is 9.63. The molecule has 0 unspecified atom stereocenters. The first-order valence-electron chi connectivity index (χ1n) is 9.63. The van der Waals surface area contributed by atoms with E-state index in [1.165, 1.54) is 0 Å². The number of hydrogen-bond donors (Lipinski definition) is 2. The van der Waals surface area contributed by atoms with E-state index < -0.39 is 0 Å². The smallest absolute Gasteiger partial charge is 0.315 e. The van der Waals surface area contributed by atoms with E-state index in [0.717, 1.165) is 56.4 Å². The van der Waals surface area contributed by atoms with Gasteiger partial charge in [0.25, 0.3) is 0 Å². The van der Waals surface area contributed by atoms with Crippen LogP contribution in [0, 0.1) is 0 Å². The maximum absolute atomic E-state index is 11.9. The number of piperazine rings is 1. The first-order chi connectivity index (χ1) is 13.7. The maximum Gasteiger partial charge on any atom is 0.315 e. The summed E-state index contributed by atoms with van der Waals surface area (Å²) in [6.45, 7) is 5.97. The predicted molar refractivity (Wildman–Crippen MR) is 109 cm³/mol. The van der Waals surface area contributed by atoms with Gasteiger partial charge in [0, 0.05) is 51.7 Å². The topological polar surface area (TPSA) is 82.6 Å².